The summed E-state index contributed by atoms with van der Waals surface area (Å²) < 4.78 is 3.28. The van der Waals surface area contributed by atoms with Gasteiger partial charge in [0.25, 0.3) is 0 Å². The van der Waals surface area contributed by atoms with E-state index in [1.165, 1.54) is 0 Å². The van der Waals surface area contributed by atoms with Gasteiger partial charge in [-0.3, -0.25) is 0 Å². The van der Waals surface area contributed by atoms with Gasteiger partial charge in [0.05, 0.1) is 5.56 Å². The summed E-state index contributed by atoms with van der Waals surface area (Å²) in [5, 5.41) is 0. The fourth-order valence-electron chi connectivity index (χ4n) is 1.23. The molecule has 0 atom stereocenters. The van der Waals surface area contributed by atoms with E-state index in [9.17, 15) is 4.79 Å². The predicted octanol–water partition coefficient (Wildman–Crippen LogP) is 4.34. The van der Waals surface area contributed by atoms with E-state index in [2.05, 4.69) is 13.8 Å². The molecule has 94 valence electrons. The van der Waals surface area contributed by atoms with Crippen LogP contribution in [0.25, 0.3) is 0 Å². The number of alkyl halides is 3. The Balaban J connectivity index is 2.64. The third-order valence-electron chi connectivity index (χ3n) is 2.18. The Morgan fingerprint density at radius 1 is 1.24 bits per heavy atom. The number of carbonyl (C=O) groups excluding carboxylic acids is 1. The molecular formula is C12H13Cl3O2. The summed E-state index contributed by atoms with van der Waals surface area (Å²) in [5.41, 5.74) is 1.60. The van der Waals surface area contributed by atoms with E-state index in [0.717, 1.165) is 5.56 Å². The topological polar surface area (TPSA) is 26.3 Å². The van der Waals surface area contributed by atoms with E-state index in [0.29, 0.717) is 11.5 Å². The number of benzene rings is 1. The SMILES string of the molecule is CC(C)c1ccc(C(=O)OCC(Cl)(Cl)Cl)cc1. The Morgan fingerprint density at radius 2 is 1.76 bits per heavy atom. The van der Waals surface area contributed by atoms with E-state index in [1.807, 2.05) is 12.1 Å². The molecule has 2 nitrogen and oxygen atoms in total. The second kappa shape index (κ2) is 5.94. The summed E-state index contributed by atoms with van der Waals surface area (Å²) in [4.78, 5) is 11.6. The Morgan fingerprint density at radius 3 is 2.18 bits per heavy atom. The minimum Gasteiger partial charge on any atom is -0.458 e. The van der Waals surface area contributed by atoms with Gasteiger partial charge in [0.1, 0.15) is 6.61 Å². The standard InChI is InChI=1S/C12H13Cl3O2/c1-8(2)9-3-5-10(6-4-9)11(16)17-7-12(13,14)15/h3-6,8H,7H2,1-2H3. The lowest BCUT2D eigenvalue weighted by Crippen LogP contribution is -2.17. The van der Waals surface area contributed by atoms with E-state index in [1.54, 1.807) is 12.1 Å². The molecule has 0 aromatic heterocycles. The second-order valence-electron chi connectivity index (χ2n) is 3.97. The van der Waals surface area contributed by atoms with Crippen molar-refractivity contribution >= 4 is 40.8 Å². The number of rotatable bonds is 3. The maximum absolute atomic E-state index is 11.6. The van der Waals surface area contributed by atoms with Gasteiger partial charge in [-0.2, -0.15) is 0 Å². The van der Waals surface area contributed by atoms with Crippen LogP contribution < -0.4 is 0 Å². The number of esters is 1. The van der Waals surface area contributed by atoms with Gasteiger partial charge < -0.3 is 4.74 Å². The monoisotopic (exact) mass is 294 g/mol. The van der Waals surface area contributed by atoms with Gasteiger partial charge in [0.2, 0.25) is 3.79 Å². The van der Waals surface area contributed by atoms with Gasteiger partial charge in [-0.1, -0.05) is 60.8 Å². The molecule has 1 aromatic rings. The van der Waals surface area contributed by atoms with Crippen molar-refractivity contribution in [2.45, 2.75) is 23.6 Å². The van der Waals surface area contributed by atoms with E-state index in [4.69, 9.17) is 39.5 Å². The van der Waals surface area contributed by atoms with Crippen molar-refractivity contribution < 1.29 is 9.53 Å². The molecule has 0 aliphatic heterocycles. The van der Waals surface area contributed by atoms with Gasteiger partial charge in [-0.15, -0.1) is 0 Å². The van der Waals surface area contributed by atoms with Crippen molar-refractivity contribution in [3.05, 3.63) is 35.4 Å². The van der Waals surface area contributed by atoms with Crippen LogP contribution in [0.3, 0.4) is 0 Å². The smallest absolute Gasteiger partial charge is 0.338 e. The number of ether oxygens (including phenoxy) is 1. The molecule has 1 rings (SSSR count). The van der Waals surface area contributed by atoms with Crippen LogP contribution in [0, 0.1) is 0 Å². The third kappa shape index (κ3) is 5.15. The average Bonchev–Trinajstić information content (AvgIpc) is 2.25. The molecule has 0 aliphatic carbocycles. The van der Waals surface area contributed by atoms with Crippen LogP contribution in [0.5, 0.6) is 0 Å². The minimum atomic E-state index is -1.58. The van der Waals surface area contributed by atoms with Crippen LogP contribution in [-0.2, 0) is 4.74 Å². The molecule has 17 heavy (non-hydrogen) atoms. The molecular weight excluding hydrogens is 282 g/mol. The van der Waals surface area contributed by atoms with E-state index in [-0.39, 0.29) is 6.61 Å². The number of carbonyl (C=O) groups is 1. The highest BCUT2D eigenvalue weighted by atomic mass is 35.6. The number of hydrogen-bond acceptors (Lipinski definition) is 2. The fourth-order valence-corrected chi connectivity index (χ4v) is 1.40. The van der Waals surface area contributed by atoms with Crippen LogP contribution in [0.4, 0.5) is 0 Å². The molecule has 0 aliphatic rings. The molecule has 0 saturated carbocycles. The highest BCUT2D eigenvalue weighted by Crippen LogP contribution is 2.26. The van der Waals surface area contributed by atoms with Gasteiger partial charge in [-0.25, -0.2) is 4.79 Å². The average molecular weight is 296 g/mol. The zero-order chi connectivity index (χ0) is 13.1. The highest BCUT2D eigenvalue weighted by molar-refractivity contribution is 6.67. The Labute approximate surface area is 116 Å². The van der Waals surface area contributed by atoms with Gasteiger partial charge >= 0.3 is 5.97 Å². The first-order valence-corrected chi connectivity index (χ1v) is 6.27. The molecule has 0 amide bonds. The molecule has 0 N–H and O–H groups in total. The van der Waals surface area contributed by atoms with Gasteiger partial charge in [0.15, 0.2) is 0 Å². The van der Waals surface area contributed by atoms with Crippen LogP contribution in [0.1, 0.15) is 35.7 Å². The first-order valence-electron chi connectivity index (χ1n) is 5.13. The third-order valence-corrected chi connectivity index (χ3v) is 2.51. The molecule has 0 radical (unpaired) electrons. The van der Waals surface area contributed by atoms with Crippen LogP contribution >= 0.6 is 34.8 Å². The Hall–Kier alpha value is -0.440. The maximum atomic E-state index is 11.6. The summed E-state index contributed by atoms with van der Waals surface area (Å²) in [6, 6.07) is 7.18. The zero-order valence-electron chi connectivity index (χ0n) is 9.54. The molecule has 1 aromatic carbocycles. The van der Waals surface area contributed by atoms with Crippen molar-refractivity contribution in [2.24, 2.45) is 0 Å². The van der Waals surface area contributed by atoms with Gasteiger partial charge in [-0.05, 0) is 23.6 Å². The van der Waals surface area contributed by atoms with E-state index >= 15 is 0 Å². The maximum Gasteiger partial charge on any atom is 0.338 e. The van der Waals surface area contributed by atoms with Crippen LogP contribution in [0.2, 0.25) is 0 Å². The molecule has 0 spiro atoms. The molecule has 0 saturated heterocycles. The van der Waals surface area contributed by atoms with Crippen molar-refractivity contribution in [3.8, 4) is 0 Å². The lowest BCUT2D eigenvalue weighted by atomic mass is 10.0. The van der Waals surface area contributed by atoms with Crippen molar-refractivity contribution in [3.63, 3.8) is 0 Å². The van der Waals surface area contributed by atoms with Crippen LogP contribution in [0.15, 0.2) is 24.3 Å². The summed E-state index contributed by atoms with van der Waals surface area (Å²) >= 11 is 16.5. The van der Waals surface area contributed by atoms with E-state index < -0.39 is 9.76 Å². The van der Waals surface area contributed by atoms with Crippen molar-refractivity contribution in [1.82, 2.24) is 0 Å². The van der Waals surface area contributed by atoms with Crippen molar-refractivity contribution in [1.29, 1.82) is 0 Å². The lowest BCUT2D eigenvalue weighted by molar-refractivity contribution is 0.0512. The number of halogens is 3. The molecule has 0 heterocycles. The Kier molecular flexibility index (Phi) is 5.11. The van der Waals surface area contributed by atoms with Crippen LogP contribution in [-0.4, -0.2) is 16.4 Å². The molecule has 0 unspecified atom stereocenters. The number of hydrogen-bond donors (Lipinski definition) is 0. The molecule has 0 bridgehead atoms. The van der Waals surface area contributed by atoms with Gasteiger partial charge in [0, 0.05) is 0 Å². The highest BCUT2D eigenvalue weighted by Gasteiger charge is 2.22. The van der Waals surface area contributed by atoms with Crippen molar-refractivity contribution in [2.75, 3.05) is 6.61 Å². The summed E-state index contributed by atoms with van der Waals surface area (Å²) in [5.74, 6) is -0.0760. The summed E-state index contributed by atoms with van der Waals surface area (Å²) in [7, 11) is 0. The normalized spacial score (nSPS) is 11.6. The fraction of sp³-hybridized carbons (Fsp3) is 0.417. The summed E-state index contributed by atoms with van der Waals surface area (Å²) in [6.45, 7) is 3.90. The first kappa shape index (κ1) is 14.6. The Bertz CT molecular complexity index is 380. The lowest BCUT2D eigenvalue weighted by Gasteiger charge is -2.11. The predicted molar refractivity (Wildman–Crippen MR) is 71.1 cm³/mol. The quantitative estimate of drug-likeness (QED) is 0.612. The minimum absolute atomic E-state index is 0.261. The molecule has 5 heteroatoms. The summed E-state index contributed by atoms with van der Waals surface area (Å²) in [6.07, 6.45) is 0. The zero-order valence-corrected chi connectivity index (χ0v) is 11.8. The molecule has 0 fully saturated rings. The second-order valence-corrected chi connectivity index (χ2v) is 6.48. The largest absolute Gasteiger partial charge is 0.458 e. The first-order chi connectivity index (χ1) is 7.79.